The van der Waals surface area contributed by atoms with Gasteiger partial charge >= 0.3 is 11.9 Å². The number of aromatic nitrogens is 3. The molecule has 10 nitrogen and oxygen atoms in total. The summed E-state index contributed by atoms with van der Waals surface area (Å²) in [6, 6.07) is 3.82. The van der Waals surface area contributed by atoms with Crippen molar-refractivity contribution in [2.45, 2.75) is 39.0 Å². The van der Waals surface area contributed by atoms with E-state index in [0.717, 1.165) is 29.2 Å². The Labute approximate surface area is 231 Å². The summed E-state index contributed by atoms with van der Waals surface area (Å²) in [5.41, 5.74) is 0.493. The lowest BCUT2D eigenvalue weighted by Gasteiger charge is -2.15. The summed E-state index contributed by atoms with van der Waals surface area (Å²) in [5.74, 6) is -1.43. The van der Waals surface area contributed by atoms with E-state index in [-0.39, 0.29) is 39.4 Å². The Morgan fingerprint density at radius 1 is 1.18 bits per heavy atom. The highest BCUT2D eigenvalue weighted by molar-refractivity contribution is 7.99. The normalized spacial score (nSPS) is 11.7. The van der Waals surface area contributed by atoms with Crippen LogP contribution in [-0.2, 0) is 21.3 Å². The van der Waals surface area contributed by atoms with Crippen molar-refractivity contribution in [3.63, 3.8) is 0 Å². The first-order valence-corrected chi connectivity index (χ1v) is 13.7. The predicted molar refractivity (Wildman–Crippen MR) is 142 cm³/mol. The van der Waals surface area contributed by atoms with E-state index in [4.69, 9.17) is 25.8 Å². The van der Waals surface area contributed by atoms with Crippen LogP contribution in [0.15, 0.2) is 23.4 Å². The molecule has 1 aromatic carbocycles. The summed E-state index contributed by atoms with van der Waals surface area (Å²) in [4.78, 5) is 37.8. The molecule has 1 amide bonds. The number of nitrogens with one attached hydrogen (secondary N) is 1. The number of anilines is 1. The number of hydrogen-bond donors (Lipinski definition) is 1. The number of halogens is 2. The molecule has 2 heterocycles. The molecule has 0 aliphatic rings. The molecule has 0 aliphatic carbocycles. The van der Waals surface area contributed by atoms with Gasteiger partial charge in [-0.15, -0.1) is 21.5 Å². The van der Waals surface area contributed by atoms with Gasteiger partial charge in [-0.2, -0.15) is 0 Å². The fourth-order valence-corrected chi connectivity index (χ4v) is 5.39. The summed E-state index contributed by atoms with van der Waals surface area (Å²) < 4.78 is 30.9. The number of rotatable bonds is 11. The molecular formula is C24H26ClFN4O6S2. The lowest BCUT2D eigenvalue weighted by molar-refractivity contribution is -0.113. The van der Waals surface area contributed by atoms with Gasteiger partial charge in [-0.05, 0) is 51.5 Å². The second-order valence-electron chi connectivity index (χ2n) is 7.77. The van der Waals surface area contributed by atoms with Gasteiger partial charge in [0.05, 0.1) is 29.6 Å². The van der Waals surface area contributed by atoms with Gasteiger partial charge in [-0.1, -0.05) is 23.4 Å². The van der Waals surface area contributed by atoms with Crippen LogP contribution in [0.3, 0.4) is 0 Å². The SMILES string of the molecule is CCOC(=O)c1sc(NC(=O)CSc2nnc(C(C)Oc3ccc(F)cc3Cl)n2C)c(C(=O)OCC)c1C. The molecular weight excluding hydrogens is 559 g/mol. The Hall–Kier alpha value is -3.16. The smallest absolute Gasteiger partial charge is 0.348 e. The molecule has 0 radical (unpaired) electrons. The fraction of sp³-hybridized carbons (Fsp3) is 0.375. The number of nitrogens with zero attached hydrogens (tertiary/aromatic N) is 3. The molecule has 38 heavy (non-hydrogen) atoms. The number of thioether (sulfide) groups is 1. The molecule has 0 saturated heterocycles. The number of ether oxygens (including phenoxy) is 3. The maximum absolute atomic E-state index is 13.3. The zero-order chi connectivity index (χ0) is 28.0. The first-order chi connectivity index (χ1) is 18.1. The lowest BCUT2D eigenvalue weighted by Crippen LogP contribution is -2.17. The molecule has 2 aromatic heterocycles. The van der Waals surface area contributed by atoms with Gasteiger partial charge < -0.3 is 24.1 Å². The number of carbonyl (C=O) groups excluding carboxylic acids is 3. The zero-order valence-corrected chi connectivity index (χ0v) is 23.7. The monoisotopic (exact) mass is 584 g/mol. The number of amides is 1. The van der Waals surface area contributed by atoms with Crippen LogP contribution in [0.4, 0.5) is 9.39 Å². The molecule has 14 heteroatoms. The van der Waals surface area contributed by atoms with E-state index in [1.165, 1.54) is 12.1 Å². The van der Waals surface area contributed by atoms with E-state index < -0.39 is 29.8 Å². The number of carbonyl (C=O) groups is 3. The number of thiophene rings is 1. The Kier molecular flexibility index (Phi) is 10.1. The van der Waals surface area contributed by atoms with Crippen molar-refractivity contribution >= 4 is 57.5 Å². The Balaban J connectivity index is 1.70. The Bertz CT molecular complexity index is 1350. The molecule has 0 saturated carbocycles. The van der Waals surface area contributed by atoms with Crippen molar-refractivity contribution in [2.75, 3.05) is 24.3 Å². The second-order valence-corrected chi connectivity index (χ2v) is 10.1. The van der Waals surface area contributed by atoms with Gasteiger partial charge in [0.25, 0.3) is 0 Å². The molecule has 3 aromatic rings. The fourth-order valence-electron chi connectivity index (χ4n) is 3.35. The Morgan fingerprint density at radius 3 is 2.53 bits per heavy atom. The molecule has 204 valence electrons. The highest BCUT2D eigenvalue weighted by Crippen LogP contribution is 2.35. The maximum atomic E-state index is 13.3. The number of esters is 2. The van der Waals surface area contributed by atoms with Crippen LogP contribution >= 0.6 is 34.7 Å². The molecule has 0 fully saturated rings. The lowest BCUT2D eigenvalue weighted by atomic mass is 10.1. The van der Waals surface area contributed by atoms with Gasteiger partial charge in [-0.3, -0.25) is 4.79 Å². The highest BCUT2D eigenvalue weighted by Gasteiger charge is 2.27. The number of hydrogen-bond acceptors (Lipinski definition) is 10. The predicted octanol–water partition coefficient (Wildman–Crippen LogP) is 5.20. The van der Waals surface area contributed by atoms with Crippen molar-refractivity contribution in [3.05, 3.63) is 50.9 Å². The zero-order valence-electron chi connectivity index (χ0n) is 21.3. The van der Waals surface area contributed by atoms with Gasteiger partial charge in [0.2, 0.25) is 5.91 Å². The standard InChI is InChI=1S/C24H26ClFN4O6S2/c1-6-34-22(32)18-12(3)19(23(33)35-7-2)38-21(18)27-17(31)11-37-24-29-28-20(30(24)5)13(4)36-16-9-8-14(26)10-15(16)25/h8-10,13H,6-7,11H2,1-5H3,(H,27,31). The van der Waals surface area contributed by atoms with Crippen LogP contribution in [0, 0.1) is 12.7 Å². The average molecular weight is 585 g/mol. The first kappa shape index (κ1) is 29.4. The molecule has 1 atom stereocenters. The third-order valence-corrected chi connectivity index (χ3v) is 7.61. The van der Waals surface area contributed by atoms with Crippen LogP contribution < -0.4 is 10.1 Å². The van der Waals surface area contributed by atoms with Crippen LogP contribution in [-0.4, -0.2) is 51.6 Å². The van der Waals surface area contributed by atoms with Gasteiger partial charge in [-0.25, -0.2) is 14.0 Å². The van der Waals surface area contributed by atoms with E-state index in [1.807, 2.05) is 0 Å². The third kappa shape index (κ3) is 6.83. The van der Waals surface area contributed by atoms with Crippen molar-refractivity contribution in [1.29, 1.82) is 0 Å². The van der Waals surface area contributed by atoms with Crippen LogP contribution in [0.5, 0.6) is 5.75 Å². The summed E-state index contributed by atoms with van der Waals surface area (Å²) >= 11 is 8.11. The molecule has 3 rings (SSSR count). The van der Waals surface area contributed by atoms with Crippen molar-refractivity contribution in [3.8, 4) is 5.75 Å². The third-order valence-electron chi connectivity index (χ3n) is 5.10. The summed E-state index contributed by atoms with van der Waals surface area (Å²) in [7, 11) is 1.72. The average Bonchev–Trinajstić information content (AvgIpc) is 3.39. The van der Waals surface area contributed by atoms with Crippen LogP contribution in [0.2, 0.25) is 5.02 Å². The molecule has 1 N–H and O–H groups in total. The largest absolute Gasteiger partial charge is 0.481 e. The summed E-state index contributed by atoms with van der Waals surface area (Å²) in [6.07, 6.45) is -0.568. The molecule has 0 spiro atoms. The van der Waals surface area contributed by atoms with Crippen molar-refractivity contribution in [2.24, 2.45) is 7.05 Å². The van der Waals surface area contributed by atoms with E-state index in [1.54, 1.807) is 39.3 Å². The second kappa shape index (κ2) is 13.1. The Morgan fingerprint density at radius 2 is 1.87 bits per heavy atom. The van der Waals surface area contributed by atoms with E-state index >= 15 is 0 Å². The highest BCUT2D eigenvalue weighted by atomic mass is 35.5. The van der Waals surface area contributed by atoms with Crippen molar-refractivity contribution in [1.82, 2.24) is 14.8 Å². The summed E-state index contributed by atoms with van der Waals surface area (Å²) in [6.45, 7) is 6.98. The molecule has 0 aliphatic heterocycles. The summed E-state index contributed by atoms with van der Waals surface area (Å²) in [5, 5.41) is 11.7. The van der Waals surface area contributed by atoms with E-state index in [2.05, 4.69) is 15.5 Å². The minimum absolute atomic E-state index is 0.0566. The van der Waals surface area contributed by atoms with E-state index in [9.17, 15) is 18.8 Å². The minimum Gasteiger partial charge on any atom is -0.481 e. The van der Waals surface area contributed by atoms with Crippen molar-refractivity contribution < 1.29 is 33.0 Å². The quantitative estimate of drug-likeness (QED) is 0.239. The van der Waals surface area contributed by atoms with Crippen LogP contribution in [0.25, 0.3) is 0 Å². The van der Waals surface area contributed by atoms with Crippen LogP contribution in [0.1, 0.15) is 58.3 Å². The topological polar surface area (TPSA) is 122 Å². The minimum atomic E-state index is -0.645. The van der Waals surface area contributed by atoms with Gasteiger partial charge in [0, 0.05) is 7.05 Å². The molecule has 1 unspecified atom stereocenters. The molecule has 0 bridgehead atoms. The van der Waals surface area contributed by atoms with Gasteiger partial charge in [0.1, 0.15) is 21.4 Å². The van der Waals surface area contributed by atoms with Gasteiger partial charge in [0.15, 0.2) is 17.1 Å². The van der Waals surface area contributed by atoms with E-state index in [0.29, 0.717) is 22.3 Å². The number of benzene rings is 1. The maximum Gasteiger partial charge on any atom is 0.348 e. The first-order valence-electron chi connectivity index (χ1n) is 11.5.